The van der Waals surface area contributed by atoms with Crippen molar-refractivity contribution in [3.05, 3.63) is 59.9 Å². The summed E-state index contributed by atoms with van der Waals surface area (Å²) in [4.78, 5) is 26.1. The number of nitrogens with one attached hydrogen (secondary N) is 1. The van der Waals surface area contributed by atoms with Gasteiger partial charge in [0.25, 0.3) is 15.9 Å². The summed E-state index contributed by atoms with van der Waals surface area (Å²) in [5.41, 5.74) is 0.160. The molecule has 8 nitrogen and oxygen atoms in total. The van der Waals surface area contributed by atoms with Gasteiger partial charge in [0, 0.05) is 18.8 Å². The molecule has 1 fully saturated rings. The molecule has 31 heavy (non-hydrogen) atoms. The van der Waals surface area contributed by atoms with E-state index in [-0.39, 0.29) is 34.3 Å². The van der Waals surface area contributed by atoms with Crippen LogP contribution in [0.25, 0.3) is 0 Å². The maximum absolute atomic E-state index is 13.0. The smallest absolute Gasteiger partial charge is 0.338 e. The van der Waals surface area contributed by atoms with Gasteiger partial charge in [0.05, 0.1) is 22.7 Å². The summed E-state index contributed by atoms with van der Waals surface area (Å²) >= 11 is 0. The lowest BCUT2D eigenvalue weighted by Crippen LogP contribution is -2.49. The van der Waals surface area contributed by atoms with E-state index in [2.05, 4.69) is 4.72 Å². The lowest BCUT2D eigenvalue weighted by atomic mass is 10.2. The van der Waals surface area contributed by atoms with Crippen LogP contribution >= 0.6 is 0 Å². The van der Waals surface area contributed by atoms with E-state index in [1.807, 2.05) is 13.8 Å². The summed E-state index contributed by atoms with van der Waals surface area (Å²) in [7, 11) is -4.01. The zero-order valence-corrected chi connectivity index (χ0v) is 17.9. The average Bonchev–Trinajstić information content (AvgIpc) is 2.72. The van der Waals surface area contributed by atoms with Crippen molar-refractivity contribution in [2.75, 3.05) is 24.4 Å². The second-order valence-corrected chi connectivity index (χ2v) is 8.95. The molecule has 10 heteroatoms. The standard InChI is InChI=1S/C21H23FN2O6S/c1-14-11-24(12-15(2)30-14)20(25)13-29-21(26)16-4-3-5-19(10-16)31(27,28)23-18-8-6-17(22)7-9-18/h3-10,14-15,23H,11-13H2,1-2H3. The zero-order chi connectivity index (χ0) is 22.6. The van der Waals surface area contributed by atoms with Gasteiger partial charge in [-0.05, 0) is 56.3 Å². The van der Waals surface area contributed by atoms with Crippen LogP contribution in [-0.4, -0.2) is 57.1 Å². The maximum Gasteiger partial charge on any atom is 0.338 e. The maximum atomic E-state index is 13.0. The summed E-state index contributed by atoms with van der Waals surface area (Å²) in [6, 6.07) is 10.1. The molecular formula is C21H23FN2O6S. The molecule has 2 aromatic rings. The molecule has 1 heterocycles. The van der Waals surface area contributed by atoms with Crippen LogP contribution in [0.1, 0.15) is 24.2 Å². The molecule has 0 bridgehead atoms. The van der Waals surface area contributed by atoms with Crippen molar-refractivity contribution in [3.63, 3.8) is 0 Å². The molecule has 1 saturated heterocycles. The predicted molar refractivity (Wildman–Crippen MR) is 111 cm³/mol. The number of morpholine rings is 1. The number of hydrogen-bond donors (Lipinski definition) is 1. The second kappa shape index (κ2) is 9.44. The second-order valence-electron chi connectivity index (χ2n) is 7.27. The number of amides is 1. The van der Waals surface area contributed by atoms with Crippen molar-refractivity contribution in [1.82, 2.24) is 4.90 Å². The van der Waals surface area contributed by atoms with Gasteiger partial charge in [-0.1, -0.05) is 6.07 Å². The molecular weight excluding hydrogens is 427 g/mol. The van der Waals surface area contributed by atoms with Crippen LogP contribution in [0.2, 0.25) is 0 Å². The topological polar surface area (TPSA) is 102 Å². The lowest BCUT2D eigenvalue weighted by Gasteiger charge is -2.35. The normalized spacial score (nSPS) is 19.0. The van der Waals surface area contributed by atoms with Crippen LogP contribution in [-0.2, 0) is 24.3 Å². The van der Waals surface area contributed by atoms with E-state index in [1.165, 1.54) is 30.3 Å². The first kappa shape index (κ1) is 22.7. The highest BCUT2D eigenvalue weighted by Crippen LogP contribution is 2.18. The van der Waals surface area contributed by atoms with E-state index in [0.717, 1.165) is 18.2 Å². The number of sulfonamides is 1. The first-order chi connectivity index (χ1) is 14.6. The third-order valence-corrected chi connectivity index (χ3v) is 5.95. The average molecular weight is 450 g/mol. The minimum absolute atomic E-state index is 0.0153. The summed E-state index contributed by atoms with van der Waals surface area (Å²) in [6.07, 6.45) is -0.224. The van der Waals surface area contributed by atoms with Crippen LogP contribution in [0.5, 0.6) is 0 Å². The molecule has 3 rings (SSSR count). The SMILES string of the molecule is CC1CN(C(=O)COC(=O)c2cccc(S(=O)(=O)Nc3ccc(F)cc3)c2)CC(C)O1. The number of ether oxygens (including phenoxy) is 2. The Hall–Kier alpha value is -2.98. The van der Waals surface area contributed by atoms with Crippen LogP contribution in [0.4, 0.5) is 10.1 Å². The van der Waals surface area contributed by atoms with Crippen LogP contribution in [0.3, 0.4) is 0 Å². The van der Waals surface area contributed by atoms with Gasteiger partial charge in [0.15, 0.2) is 6.61 Å². The molecule has 0 spiro atoms. The minimum Gasteiger partial charge on any atom is -0.452 e. The Labute approximate surface area is 180 Å². The van der Waals surface area contributed by atoms with E-state index in [9.17, 15) is 22.4 Å². The molecule has 2 aromatic carbocycles. The van der Waals surface area contributed by atoms with Crippen molar-refractivity contribution in [3.8, 4) is 0 Å². The van der Waals surface area contributed by atoms with Gasteiger partial charge in [-0.2, -0.15) is 0 Å². The third-order valence-electron chi connectivity index (χ3n) is 4.58. The molecule has 166 valence electrons. The van der Waals surface area contributed by atoms with Gasteiger partial charge in [-0.25, -0.2) is 17.6 Å². The van der Waals surface area contributed by atoms with Gasteiger partial charge < -0.3 is 14.4 Å². The molecule has 0 aromatic heterocycles. The first-order valence-corrected chi connectivity index (χ1v) is 11.1. The van der Waals surface area contributed by atoms with Crippen LogP contribution in [0, 0.1) is 5.82 Å². The number of benzene rings is 2. The summed E-state index contributed by atoms with van der Waals surface area (Å²) in [6.45, 7) is 4.07. The summed E-state index contributed by atoms with van der Waals surface area (Å²) in [5.74, 6) is -1.66. The van der Waals surface area contributed by atoms with E-state index >= 15 is 0 Å². The van der Waals surface area contributed by atoms with Crippen molar-refractivity contribution < 1.29 is 31.9 Å². The largest absolute Gasteiger partial charge is 0.452 e. The quantitative estimate of drug-likeness (QED) is 0.679. The van der Waals surface area contributed by atoms with Gasteiger partial charge >= 0.3 is 5.97 Å². The molecule has 1 amide bonds. The fourth-order valence-electron chi connectivity index (χ4n) is 3.21. The van der Waals surface area contributed by atoms with Crippen molar-refractivity contribution >= 4 is 27.6 Å². The Morgan fingerprint density at radius 2 is 1.77 bits per heavy atom. The monoisotopic (exact) mass is 450 g/mol. The lowest BCUT2D eigenvalue weighted by molar-refractivity contribution is -0.146. The number of rotatable bonds is 6. The molecule has 2 atom stereocenters. The van der Waals surface area contributed by atoms with Crippen molar-refractivity contribution in [2.45, 2.75) is 31.0 Å². The van der Waals surface area contributed by atoms with Crippen LogP contribution in [0.15, 0.2) is 53.4 Å². The van der Waals surface area contributed by atoms with E-state index in [4.69, 9.17) is 9.47 Å². The fraction of sp³-hybridized carbons (Fsp3) is 0.333. The Kier molecular flexibility index (Phi) is 6.91. The van der Waals surface area contributed by atoms with Crippen molar-refractivity contribution in [1.29, 1.82) is 0 Å². The Balaban J connectivity index is 1.64. The summed E-state index contributed by atoms with van der Waals surface area (Å²) in [5, 5.41) is 0. The fourth-order valence-corrected chi connectivity index (χ4v) is 4.31. The van der Waals surface area contributed by atoms with Gasteiger partial charge in [-0.3, -0.25) is 9.52 Å². The highest BCUT2D eigenvalue weighted by Gasteiger charge is 2.26. The molecule has 1 aliphatic rings. The number of esters is 1. The van der Waals surface area contributed by atoms with Crippen molar-refractivity contribution in [2.24, 2.45) is 0 Å². The molecule has 0 aliphatic carbocycles. The number of anilines is 1. The zero-order valence-electron chi connectivity index (χ0n) is 17.1. The van der Waals surface area contributed by atoms with E-state index < -0.39 is 28.4 Å². The number of carbonyl (C=O) groups excluding carboxylic acids is 2. The molecule has 0 saturated carbocycles. The molecule has 1 N–H and O–H groups in total. The Bertz CT molecular complexity index is 1050. The Morgan fingerprint density at radius 1 is 1.13 bits per heavy atom. The molecule has 0 radical (unpaired) electrons. The minimum atomic E-state index is -4.01. The van der Waals surface area contributed by atoms with Gasteiger partial charge in [0.2, 0.25) is 0 Å². The predicted octanol–water partition coefficient (Wildman–Crippen LogP) is 2.42. The third kappa shape index (κ3) is 6.02. The molecule has 2 unspecified atom stereocenters. The van der Waals surface area contributed by atoms with E-state index in [0.29, 0.717) is 13.1 Å². The van der Waals surface area contributed by atoms with Crippen LogP contribution < -0.4 is 4.72 Å². The van der Waals surface area contributed by atoms with E-state index in [1.54, 1.807) is 4.90 Å². The first-order valence-electron chi connectivity index (χ1n) is 9.63. The highest BCUT2D eigenvalue weighted by molar-refractivity contribution is 7.92. The number of halogens is 1. The highest BCUT2D eigenvalue weighted by atomic mass is 32.2. The number of carbonyl (C=O) groups is 2. The Morgan fingerprint density at radius 3 is 2.42 bits per heavy atom. The van der Waals surface area contributed by atoms with Gasteiger partial charge in [0.1, 0.15) is 5.82 Å². The summed E-state index contributed by atoms with van der Waals surface area (Å²) < 4.78 is 51.1. The van der Waals surface area contributed by atoms with Gasteiger partial charge in [-0.15, -0.1) is 0 Å². The molecule has 1 aliphatic heterocycles. The number of hydrogen-bond acceptors (Lipinski definition) is 6. The number of nitrogens with zero attached hydrogens (tertiary/aromatic N) is 1.